The van der Waals surface area contributed by atoms with Crippen LogP contribution >= 0.6 is 23.1 Å². The predicted molar refractivity (Wildman–Crippen MR) is 381 cm³/mol. The van der Waals surface area contributed by atoms with Crippen LogP contribution in [0.2, 0.25) is 0 Å². The van der Waals surface area contributed by atoms with E-state index < -0.39 is 5.41 Å². The molecule has 0 unspecified atom stereocenters. The minimum absolute atomic E-state index is 0.612. The van der Waals surface area contributed by atoms with E-state index in [4.69, 9.17) is 4.42 Å². The van der Waals surface area contributed by atoms with Gasteiger partial charge in [-0.15, -0.1) is 11.3 Å². The third-order valence-electron chi connectivity index (χ3n) is 19.0. The summed E-state index contributed by atoms with van der Waals surface area (Å²) in [5.74, 6) is 0. The van der Waals surface area contributed by atoms with E-state index in [1.54, 1.807) is 0 Å². The van der Waals surface area contributed by atoms with Crippen molar-refractivity contribution in [3.8, 4) is 33.4 Å². The molecule has 0 radical (unpaired) electrons. The van der Waals surface area contributed by atoms with Gasteiger partial charge >= 0.3 is 0 Å². The second-order valence-electron chi connectivity index (χ2n) is 23.9. The quantitative estimate of drug-likeness (QED) is 0.141. The van der Waals surface area contributed by atoms with Gasteiger partial charge in [-0.05, 0) is 198 Å². The molecular weight excluding hydrogens is 1130 g/mol. The summed E-state index contributed by atoms with van der Waals surface area (Å²) in [5.41, 5.74) is 20.2. The highest BCUT2D eigenvalue weighted by Gasteiger charge is 2.51. The van der Waals surface area contributed by atoms with Gasteiger partial charge in [-0.3, -0.25) is 0 Å². The van der Waals surface area contributed by atoms with Crippen molar-refractivity contribution >= 4 is 132 Å². The summed E-state index contributed by atoms with van der Waals surface area (Å²) in [4.78, 5) is 7.52. The fraction of sp³-hybridized carbons (Fsp3) is 0.0118. The van der Waals surface area contributed by atoms with E-state index in [1.165, 1.54) is 107 Å². The van der Waals surface area contributed by atoms with Crippen LogP contribution in [0.15, 0.2) is 330 Å². The Morgan fingerprint density at radius 1 is 0.300 bits per heavy atom. The minimum atomic E-state index is -0.612. The zero-order valence-corrected chi connectivity index (χ0v) is 50.3. The standard InChI is InChI=1S/C85H52N2OS2/c1-2-21-62(22-3-1)87(65-44-38-58-47-55-18-6-7-19-56(55)48-61(58)50-65)76-30-14-25-68-82-66(24-15-34-81(82)90-84(68)76)60-39-45-71-70(52-60)83-74(85(71)72-26-9-12-32-79(72)89-80-33-13-10-27-73(80)85)28-16-29-75(83)86(64-43-37-53-17-4-5-20-57(53)49-64)63-41-35-54(36-42-63)59-40-46-78-69(51-59)67-23-8-11-31-77(67)88-78/h1-52H. The fourth-order valence-corrected chi connectivity index (χ4v) is 17.5. The molecule has 0 bridgehead atoms. The number of hydrogen-bond donors (Lipinski definition) is 0. The van der Waals surface area contributed by atoms with E-state index in [0.29, 0.717) is 0 Å². The summed E-state index contributed by atoms with van der Waals surface area (Å²) >= 11 is 3.77. The van der Waals surface area contributed by atoms with Gasteiger partial charge in [0.1, 0.15) is 11.2 Å². The molecule has 0 amide bonds. The largest absolute Gasteiger partial charge is 0.456 e. The first-order chi connectivity index (χ1) is 44.6. The molecule has 0 atom stereocenters. The van der Waals surface area contributed by atoms with Gasteiger partial charge in [0.05, 0.1) is 21.5 Å². The van der Waals surface area contributed by atoms with Crippen LogP contribution in [0.25, 0.3) is 108 Å². The van der Waals surface area contributed by atoms with Crippen molar-refractivity contribution in [3.05, 3.63) is 338 Å². The van der Waals surface area contributed by atoms with Crippen molar-refractivity contribution in [1.82, 2.24) is 0 Å². The molecule has 3 heterocycles. The van der Waals surface area contributed by atoms with Crippen LogP contribution in [0.5, 0.6) is 0 Å². The van der Waals surface area contributed by atoms with Gasteiger partial charge in [0.15, 0.2) is 0 Å². The predicted octanol–water partition coefficient (Wildman–Crippen LogP) is 24.5. The highest BCUT2D eigenvalue weighted by molar-refractivity contribution is 7.99. The lowest BCUT2D eigenvalue weighted by molar-refractivity contribution is 0.669. The normalized spacial score (nSPS) is 12.9. The molecule has 3 nitrogen and oxygen atoms in total. The summed E-state index contributed by atoms with van der Waals surface area (Å²) in [6.07, 6.45) is 0. The maximum Gasteiger partial charge on any atom is 0.135 e. The molecule has 1 aliphatic carbocycles. The van der Waals surface area contributed by atoms with Crippen molar-refractivity contribution in [1.29, 1.82) is 0 Å². The first-order valence-corrected chi connectivity index (χ1v) is 32.4. The zero-order valence-electron chi connectivity index (χ0n) is 48.6. The Morgan fingerprint density at radius 3 is 1.66 bits per heavy atom. The van der Waals surface area contributed by atoms with Crippen LogP contribution in [0.4, 0.5) is 34.1 Å². The molecule has 420 valence electrons. The van der Waals surface area contributed by atoms with Crippen LogP contribution in [0.3, 0.4) is 0 Å². The SMILES string of the molecule is c1ccc(N(c2ccc3cc4ccccc4cc3c2)c2cccc3c2sc2cccc(-c4ccc5c(c4)-c4c(N(c6ccc(-c7ccc8oc9ccccc9c8c7)cc6)c6ccc7ccccc7c6)cccc4C54c5ccccc5Sc5ccccc54)c23)cc1. The molecule has 90 heavy (non-hydrogen) atoms. The number of furan rings is 1. The summed E-state index contributed by atoms with van der Waals surface area (Å²) in [6, 6.07) is 117. The molecule has 0 saturated heterocycles. The second kappa shape index (κ2) is 20.0. The Hall–Kier alpha value is -11.0. The maximum atomic E-state index is 6.28. The number of nitrogens with zero attached hydrogens (tertiary/aromatic N) is 2. The van der Waals surface area contributed by atoms with Crippen LogP contribution in [0.1, 0.15) is 22.3 Å². The summed E-state index contributed by atoms with van der Waals surface area (Å²) in [5, 5.41) is 12.1. The highest BCUT2D eigenvalue weighted by Crippen LogP contribution is 2.65. The molecule has 2 aliphatic rings. The van der Waals surface area contributed by atoms with Gasteiger partial charge in [-0.25, -0.2) is 0 Å². The highest BCUT2D eigenvalue weighted by atomic mass is 32.2. The third-order valence-corrected chi connectivity index (χ3v) is 21.4. The fourth-order valence-electron chi connectivity index (χ4n) is 15.1. The number of fused-ring (bicyclic) bond motifs is 18. The van der Waals surface area contributed by atoms with Crippen molar-refractivity contribution < 1.29 is 4.42 Å². The molecule has 19 rings (SSSR count). The van der Waals surface area contributed by atoms with E-state index in [2.05, 4.69) is 313 Å². The number of thiophene rings is 1. The number of rotatable bonds is 8. The lowest BCUT2D eigenvalue weighted by atomic mass is 9.67. The van der Waals surface area contributed by atoms with Crippen LogP contribution in [-0.2, 0) is 5.41 Å². The molecular formula is C85H52N2OS2. The smallest absolute Gasteiger partial charge is 0.135 e. The number of benzene rings is 15. The van der Waals surface area contributed by atoms with Crippen LogP contribution in [-0.4, -0.2) is 0 Å². The van der Waals surface area contributed by atoms with Gasteiger partial charge in [-0.2, -0.15) is 0 Å². The van der Waals surface area contributed by atoms with Gasteiger partial charge < -0.3 is 14.2 Å². The van der Waals surface area contributed by atoms with Crippen molar-refractivity contribution in [2.75, 3.05) is 9.80 Å². The molecule has 15 aromatic carbocycles. The average molecular weight is 1180 g/mol. The lowest BCUT2D eigenvalue weighted by Crippen LogP contribution is -2.32. The monoisotopic (exact) mass is 1180 g/mol. The number of anilines is 6. The van der Waals surface area contributed by atoms with E-state index in [0.717, 1.165) is 67.2 Å². The van der Waals surface area contributed by atoms with Crippen LogP contribution < -0.4 is 9.80 Å². The van der Waals surface area contributed by atoms with Crippen molar-refractivity contribution in [2.45, 2.75) is 15.2 Å². The topological polar surface area (TPSA) is 19.6 Å². The van der Waals surface area contributed by atoms with Gasteiger partial charge in [0.2, 0.25) is 0 Å². The number of hydrogen-bond acceptors (Lipinski definition) is 5. The Balaban J connectivity index is 0.822. The molecule has 0 fully saturated rings. The van der Waals surface area contributed by atoms with Crippen molar-refractivity contribution in [3.63, 3.8) is 0 Å². The molecule has 1 spiro atoms. The minimum Gasteiger partial charge on any atom is -0.456 e. The van der Waals surface area contributed by atoms with Crippen LogP contribution in [0, 0.1) is 0 Å². The summed E-state index contributed by atoms with van der Waals surface area (Å²) in [6.45, 7) is 0. The maximum absolute atomic E-state index is 6.28. The molecule has 0 N–H and O–H groups in total. The first kappa shape index (κ1) is 51.1. The molecule has 1 aliphatic heterocycles. The molecule has 17 aromatic rings. The van der Waals surface area contributed by atoms with E-state index in [1.807, 2.05) is 35.2 Å². The molecule has 5 heteroatoms. The summed E-state index contributed by atoms with van der Waals surface area (Å²) in [7, 11) is 0. The van der Waals surface area contributed by atoms with E-state index in [-0.39, 0.29) is 0 Å². The van der Waals surface area contributed by atoms with E-state index in [9.17, 15) is 0 Å². The second-order valence-corrected chi connectivity index (χ2v) is 26.0. The Labute approximate surface area is 528 Å². The Bertz CT molecular complexity index is 5760. The third kappa shape index (κ3) is 7.73. The van der Waals surface area contributed by atoms with Crippen molar-refractivity contribution in [2.24, 2.45) is 0 Å². The molecule has 0 saturated carbocycles. The zero-order chi connectivity index (χ0) is 59.0. The van der Waals surface area contributed by atoms with Gasteiger partial charge in [0.25, 0.3) is 0 Å². The van der Waals surface area contributed by atoms with Gasteiger partial charge in [-0.1, -0.05) is 212 Å². The van der Waals surface area contributed by atoms with Gasteiger partial charge in [0, 0.05) is 64.3 Å². The van der Waals surface area contributed by atoms with E-state index >= 15 is 0 Å². The summed E-state index contributed by atoms with van der Waals surface area (Å²) < 4.78 is 8.78. The lowest BCUT2D eigenvalue weighted by Gasteiger charge is -2.39. The molecule has 2 aromatic heterocycles. The first-order valence-electron chi connectivity index (χ1n) is 30.8. The number of para-hydroxylation sites is 2. The average Bonchev–Trinajstić information content (AvgIpc) is 1.49. The Morgan fingerprint density at radius 2 is 0.856 bits per heavy atom. The Kier molecular flexibility index (Phi) is 11.4.